The van der Waals surface area contributed by atoms with Gasteiger partial charge in [-0.2, -0.15) is 0 Å². The third kappa shape index (κ3) is 4.52. The fraction of sp³-hybridized carbons (Fsp3) is 0.333. The van der Waals surface area contributed by atoms with Crippen LogP contribution in [0.4, 0.5) is 5.69 Å². The van der Waals surface area contributed by atoms with Crippen LogP contribution in [0.5, 0.6) is 0 Å². The second kappa shape index (κ2) is 7.33. The predicted octanol–water partition coefficient (Wildman–Crippen LogP) is 1.62. The molecule has 0 saturated heterocycles. The maximum Gasteiger partial charge on any atom is 0.377 e. The molecule has 1 N–H and O–H groups in total. The highest BCUT2D eigenvalue weighted by Gasteiger charge is 2.17. The molecule has 1 aliphatic rings. The summed E-state index contributed by atoms with van der Waals surface area (Å²) in [7, 11) is 0. The molecule has 1 aliphatic heterocycles. The number of aryl methyl sites for hydroxylation is 1. The molecule has 6 heteroatoms. The van der Waals surface area contributed by atoms with Crippen molar-refractivity contribution in [2.45, 2.75) is 13.3 Å². The summed E-state index contributed by atoms with van der Waals surface area (Å²) in [5.74, 6) is -1.16. The summed E-state index contributed by atoms with van der Waals surface area (Å²) in [4.78, 5) is 23.2. The molecule has 1 heterocycles. The van der Waals surface area contributed by atoms with Gasteiger partial charge in [-0.05, 0) is 24.1 Å². The number of benzene rings is 1. The van der Waals surface area contributed by atoms with Gasteiger partial charge in [-0.25, -0.2) is 4.79 Å². The van der Waals surface area contributed by atoms with E-state index >= 15 is 0 Å². The minimum absolute atomic E-state index is 0.0265. The summed E-state index contributed by atoms with van der Waals surface area (Å²) in [6, 6.07) is 7.47. The van der Waals surface area contributed by atoms with Crippen LogP contribution >= 0.6 is 0 Å². The molecular weight excluding hydrogens is 274 g/mol. The summed E-state index contributed by atoms with van der Waals surface area (Å²) < 4.78 is 14.8. The van der Waals surface area contributed by atoms with Gasteiger partial charge < -0.3 is 19.5 Å². The van der Waals surface area contributed by atoms with Gasteiger partial charge in [0.2, 0.25) is 5.76 Å². The van der Waals surface area contributed by atoms with E-state index in [2.05, 4.69) is 12.2 Å². The number of carbonyl (C=O) groups excluding carboxylic acids is 2. The maximum absolute atomic E-state index is 11.7. The Balaban J connectivity index is 1.78. The van der Waals surface area contributed by atoms with E-state index in [9.17, 15) is 9.59 Å². The number of carbonyl (C=O) groups is 2. The van der Waals surface area contributed by atoms with E-state index in [1.54, 1.807) is 12.1 Å². The second-order valence-corrected chi connectivity index (χ2v) is 4.38. The Kier molecular flexibility index (Phi) is 5.20. The molecule has 1 aromatic rings. The predicted molar refractivity (Wildman–Crippen MR) is 75.4 cm³/mol. The van der Waals surface area contributed by atoms with Crippen LogP contribution in [-0.4, -0.2) is 31.7 Å². The van der Waals surface area contributed by atoms with Gasteiger partial charge in [0.1, 0.15) is 19.5 Å². The monoisotopic (exact) mass is 291 g/mol. The van der Waals surface area contributed by atoms with Gasteiger partial charge in [0, 0.05) is 5.69 Å². The van der Waals surface area contributed by atoms with Crippen molar-refractivity contribution in [1.82, 2.24) is 0 Å². The first kappa shape index (κ1) is 14.9. The lowest BCUT2D eigenvalue weighted by atomic mass is 10.1. The largest absolute Gasteiger partial charge is 0.493 e. The number of esters is 1. The molecule has 21 heavy (non-hydrogen) atoms. The first-order chi connectivity index (χ1) is 10.2. The quantitative estimate of drug-likeness (QED) is 0.834. The summed E-state index contributed by atoms with van der Waals surface area (Å²) in [5.41, 5.74) is 1.84. The Morgan fingerprint density at radius 2 is 2.00 bits per heavy atom. The SMILES string of the molecule is CCc1ccc(NC(=O)COC(=O)C2=COCCO2)cc1. The van der Waals surface area contributed by atoms with Crippen molar-refractivity contribution in [3.05, 3.63) is 41.9 Å². The summed E-state index contributed by atoms with van der Waals surface area (Å²) in [5, 5.41) is 2.64. The molecular formula is C15H17NO5. The normalized spacial score (nSPS) is 13.5. The first-order valence-corrected chi connectivity index (χ1v) is 6.69. The van der Waals surface area contributed by atoms with Crippen LogP contribution in [0, 0.1) is 0 Å². The van der Waals surface area contributed by atoms with Gasteiger partial charge in [0.05, 0.1) is 0 Å². The average molecular weight is 291 g/mol. The van der Waals surface area contributed by atoms with Gasteiger partial charge in [0.25, 0.3) is 5.91 Å². The van der Waals surface area contributed by atoms with E-state index in [1.807, 2.05) is 12.1 Å². The van der Waals surface area contributed by atoms with Gasteiger partial charge in [-0.1, -0.05) is 19.1 Å². The van der Waals surface area contributed by atoms with Crippen LogP contribution in [0.1, 0.15) is 12.5 Å². The van der Waals surface area contributed by atoms with E-state index in [4.69, 9.17) is 14.2 Å². The molecule has 0 radical (unpaired) electrons. The van der Waals surface area contributed by atoms with E-state index < -0.39 is 11.9 Å². The second-order valence-electron chi connectivity index (χ2n) is 4.38. The fourth-order valence-electron chi connectivity index (χ4n) is 1.70. The van der Waals surface area contributed by atoms with E-state index in [0.29, 0.717) is 12.3 Å². The molecule has 0 unspecified atom stereocenters. The van der Waals surface area contributed by atoms with Crippen LogP contribution in [-0.2, 0) is 30.2 Å². The number of rotatable bonds is 5. The molecule has 0 aliphatic carbocycles. The Morgan fingerprint density at radius 1 is 1.24 bits per heavy atom. The highest BCUT2D eigenvalue weighted by Crippen LogP contribution is 2.10. The van der Waals surface area contributed by atoms with Crippen molar-refractivity contribution < 1.29 is 23.8 Å². The first-order valence-electron chi connectivity index (χ1n) is 6.69. The lowest BCUT2D eigenvalue weighted by Crippen LogP contribution is -2.23. The molecule has 1 amide bonds. The van der Waals surface area contributed by atoms with Gasteiger partial charge in [0.15, 0.2) is 6.61 Å². The Bertz CT molecular complexity index is 535. The fourth-order valence-corrected chi connectivity index (χ4v) is 1.70. The summed E-state index contributed by atoms with van der Waals surface area (Å²) in [6.07, 6.45) is 2.12. The van der Waals surface area contributed by atoms with Crippen molar-refractivity contribution in [3.63, 3.8) is 0 Å². The molecule has 0 bridgehead atoms. The lowest BCUT2D eigenvalue weighted by molar-refractivity contribution is -0.148. The number of hydrogen-bond acceptors (Lipinski definition) is 5. The van der Waals surface area contributed by atoms with Crippen molar-refractivity contribution in [2.75, 3.05) is 25.1 Å². The zero-order valence-electron chi connectivity index (χ0n) is 11.8. The number of hydrogen-bond donors (Lipinski definition) is 1. The average Bonchev–Trinajstić information content (AvgIpc) is 2.54. The van der Waals surface area contributed by atoms with E-state index in [-0.39, 0.29) is 19.0 Å². The zero-order valence-corrected chi connectivity index (χ0v) is 11.8. The lowest BCUT2D eigenvalue weighted by Gasteiger charge is -2.14. The molecule has 2 rings (SSSR count). The molecule has 112 valence electrons. The van der Waals surface area contributed by atoms with Crippen molar-refractivity contribution in [1.29, 1.82) is 0 Å². The number of ether oxygens (including phenoxy) is 3. The molecule has 0 saturated carbocycles. The standard InChI is InChI=1S/C15H17NO5/c1-2-11-3-5-12(6-4-11)16-14(17)10-21-15(18)13-9-19-7-8-20-13/h3-6,9H,2,7-8,10H2,1H3,(H,16,17). The topological polar surface area (TPSA) is 73.9 Å². The number of anilines is 1. The highest BCUT2D eigenvalue weighted by molar-refractivity contribution is 5.94. The van der Waals surface area contributed by atoms with Crippen LogP contribution in [0.3, 0.4) is 0 Å². The minimum atomic E-state index is -0.716. The summed E-state index contributed by atoms with van der Waals surface area (Å²) >= 11 is 0. The molecule has 6 nitrogen and oxygen atoms in total. The van der Waals surface area contributed by atoms with Crippen LogP contribution in [0.25, 0.3) is 0 Å². The van der Waals surface area contributed by atoms with E-state index in [1.165, 1.54) is 11.8 Å². The van der Waals surface area contributed by atoms with Gasteiger partial charge in [-0.3, -0.25) is 4.79 Å². The van der Waals surface area contributed by atoms with Crippen LogP contribution in [0.2, 0.25) is 0 Å². The highest BCUT2D eigenvalue weighted by atomic mass is 16.6. The Morgan fingerprint density at radius 3 is 2.62 bits per heavy atom. The molecule has 0 aromatic heterocycles. The Labute approximate surface area is 122 Å². The number of nitrogens with one attached hydrogen (secondary N) is 1. The Hall–Kier alpha value is -2.50. The van der Waals surface area contributed by atoms with Crippen LogP contribution in [0.15, 0.2) is 36.3 Å². The van der Waals surface area contributed by atoms with Crippen molar-refractivity contribution >= 4 is 17.6 Å². The van der Waals surface area contributed by atoms with Crippen LogP contribution < -0.4 is 5.32 Å². The molecule has 1 aromatic carbocycles. The zero-order chi connectivity index (χ0) is 15.1. The van der Waals surface area contributed by atoms with Gasteiger partial charge >= 0.3 is 5.97 Å². The third-order valence-electron chi connectivity index (χ3n) is 2.83. The van der Waals surface area contributed by atoms with Crippen molar-refractivity contribution in [2.24, 2.45) is 0 Å². The summed E-state index contributed by atoms with van der Waals surface area (Å²) in [6.45, 7) is 2.36. The van der Waals surface area contributed by atoms with Gasteiger partial charge in [-0.15, -0.1) is 0 Å². The minimum Gasteiger partial charge on any atom is -0.493 e. The smallest absolute Gasteiger partial charge is 0.377 e. The molecule has 0 fully saturated rings. The van der Waals surface area contributed by atoms with E-state index in [0.717, 1.165) is 6.42 Å². The molecule has 0 spiro atoms. The molecule has 0 atom stereocenters. The maximum atomic E-state index is 11.7. The van der Waals surface area contributed by atoms with Crippen molar-refractivity contribution in [3.8, 4) is 0 Å². The third-order valence-corrected chi connectivity index (χ3v) is 2.83. The number of amides is 1.